The average Bonchev–Trinajstić information content (AvgIpc) is 2.90. The summed E-state index contributed by atoms with van der Waals surface area (Å²) in [5, 5.41) is 3.86. The monoisotopic (exact) mass is 346 g/mol. The molecule has 0 N–H and O–H groups in total. The number of hydrogen-bond acceptors (Lipinski definition) is 7. The fraction of sp³-hybridized carbons (Fsp3) is 0.750. The number of rotatable bonds is 2. The number of ether oxygens (including phenoxy) is 1. The summed E-state index contributed by atoms with van der Waals surface area (Å²) in [6, 6.07) is -0.317. The number of carbonyl (C=O) groups is 1. The molecule has 0 unspecified atom stereocenters. The van der Waals surface area contributed by atoms with Crippen LogP contribution in [0.4, 0.5) is 0 Å². The minimum atomic E-state index is -3.31. The maximum atomic E-state index is 12.6. The largest absolute Gasteiger partial charge is 0.375 e. The van der Waals surface area contributed by atoms with Gasteiger partial charge in [0.1, 0.15) is 4.88 Å². The topological polar surface area (TPSA) is 92.7 Å². The molecule has 0 spiro atoms. The van der Waals surface area contributed by atoms with Gasteiger partial charge in [0.15, 0.2) is 0 Å². The number of hydrogen-bond donors (Lipinski definition) is 0. The molecule has 1 amide bonds. The smallest absolute Gasteiger partial charge is 0.267 e. The van der Waals surface area contributed by atoms with Crippen molar-refractivity contribution in [2.45, 2.75) is 25.5 Å². The Balaban J connectivity index is 1.80. The highest BCUT2D eigenvalue weighted by molar-refractivity contribution is 7.88. The first-order valence-electron chi connectivity index (χ1n) is 7.04. The molecule has 122 valence electrons. The van der Waals surface area contributed by atoms with Crippen molar-refractivity contribution in [1.82, 2.24) is 18.8 Å². The Morgan fingerprint density at radius 3 is 2.82 bits per heavy atom. The maximum absolute atomic E-state index is 12.6. The van der Waals surface area contributed by atoms with Gasteiger partial charge < -0.3 is 9.64 Å². The van der Waals surface area contributed by atoms with Crippen LogP contribution in [-0.4, -0.2) is 77.8 Å². The van der Waals surface area contributed by atoms with Gasteiger partial charge in [-0.15, -0.1) is 5.10 Å². The van der Waals surface area contributed by atoms with E-state index in [9.17, 15) is 13.2 Å². The maximum Gasteiger partial charge on any atom is 0.267 e. The Labute approximate surface area is 133 Å². The van der Waals surface area contributed by atoms with Gasteiger partial charge in [0.2, 0.25) is 10.0 Å². The molecule has 0 radical (unpaired) electrons. The van der Waals surface area contributed by atoms with Crippen LogP contribution in [0.2, 0.25) is 0 Å². The standard InChI is InChI=1S/C12H18N4O4S2/c1-8-11(21-14-13-8)12(17)15-4-3-10-9(7-15)16(5-6-20-10)22(2,18)19/h9-10H,3-7H2,1-2H3/t9-,10-/m0/s1. The lowest BCUT2D eigenvalue weighted by molar-refractivity contribution is -0.0704. The SMILES string of the molecule is Cc1nnsc1C(=O)N1CC[C@@H]2OCCN(S(C)(=O)=O)[C@H]2C1. The zero-order chi connectivity index (χ0) is 15.9. The Morgan fingerprint density at radius 2 is 2.18 bits per heavy atom. The molecular formula is C12H18N4O4S2. The number of sulfonamides is 1. The highest BCUT2D eigenvalue weighted by atomic mass is 32.2. The number of amides is 1. The highest BCUT2D eigenvalue weighted by Crippen LogP contribution is 2.26. The fourth-order valence-electron chi connectivity index (χ4n) is 3.01. The minimum Gasteiger partial charge on any atom is -0.375 e. The molecule has 2 fully saturated rings. The number of fused-ring (bicyclic) bond motifs is 1. The first-order chi connectivity index (χ1) is 10.4. The number of aromatic nitrogens is 2. The predicted octanol–water partition coefficient (Wildman–Crippen LogP) is -0.279. The molecule has 2 atom stereocenters. The van der Waals surface area contributed by atoms with Crippen LogP contribution in [-0.2, 0) is 14.8 Å². The third-order valence-corrected chi connectivity index (χ3v) is 6.21. The van der Waals surface area contributed by atoms with Crippen molar-refractivity contribution in [2.75, 3.05) is 32.5 Å². The van der Waals surface area contributed by atoms with E-state index in [1.807, 2.05) is 0 Å². The van der Waals surface area contributed by atoms with Gasteiger partial charge in [-0.2, -0.15) is 4.31 Å². The minimum absolute atomic E-state index is 0.134. The first-order valence-corrected chi connectivity index (χ1v) is 9.66. The predicted molar refractivity (Wildman–Crippen MR) is 80.2 cm³/mol. The molecule has 0 saturated carbocycles. The Hall–Kier alpha value is -1.10. The molecule has 22 heavy (non-hydrogen) atoms. The fourth-order valence-corrected chi connectivity index (χ4v) is 4.73. The second kappa shape index (κ2) is 5.84. The molecule has 3 heterocycles. The van der Waals surface area contributed by atoms with E-state index in [0.29, 0.717) is 43.2 Å². The molecule has 0 aliphatic carbocycles. The summed E-state index contributed by atoms with van der Waals surface area (Å²) in [5.41, 5.74) is 0.608. The van der Waals surface area contributed by atoms with E-state index in [1.165, 1.54) is 10.6 Å². The molecule has 8 nitrogen and oxygen atoms in total. The van der Waals surface area contributed by atoms with Crippen molar-refractivity contribution in [2.24, 2.45) is 0 Å². The van der Waals surface area contributed by atoms with Crippen molar-refractivity contribution in [3.05, 3.63) is 10.6 Å². The summed E-state index contributed by atoms with van der Waals surface area (Å²) in [5.74, 6) is -0.134. The van der Waals surface area contributed by atoms with Crippen LogP contribution in [0.25, 0.3) is 0 Å². The number of likely N-dealkylation sites (tertiary alicyclic amines) is 1. The summed E-state index contributed by atoms with van der Waals surface area (Å²) < 4.78 is 34.8. The molecular weight excluding hydrogens is 328 g/mol. The van der Waals surface area contributed by atoms with Crippen LogP contribution in [0.1, 0.15) is 21.8 Å². The van der Waals surface area contributed by atoms with E-state index in [4.69, 9.17) is 4.74 Å². The van der Waals surface area contributed by atoms with Gasteiger partial charge in [0.05, 0.1) is 30.7 Å². The van der Waals surface area contributed by atoms with Crippen molar-refractivity contribution in [1.29, 1.82) is 0 Å². The summed E-state index contributed by atoms with van der Waals surface area (Å²) in [7, 11) is -3.31. The van der Waals surface area contributed by atoms with Gasteiger partial charge in [-0.3, -0.25) is 4.79 Å². The van der Waals surface area contributed by atoms with Crippen molar-refractivity contribution in [3.63, 3.8) is 0 Å². The van der Waals surface area contributed by atoms with Gasteiger partial charge >= 0.3 is 0 Å². The number of nitrogens with zero attached hydrogens (tertiary/aromatic N) is 4. The van der Waals surface area contributed by atoms with Crippen molar-refractivity contribution in [3.8, 4) is 0 Å². The summed E-state index contributed by atoms with van der Waals surface area (Å²) in [6.45, 7) is 3.38. The van der Waals surface area contributed by atoms with Crippen LogP contribution in [0.3, 0.4) is 0 Å². The quantitative estimate of drug-likeness (QED) is 0.731. The number of morpholine rings is 1. The molecule has 2 aliphatic heterocycles. The Kier molecular flexibility index (Phi) is 4.19. The number of piperidine rings is 1. The van der Waals surface area contributed by atoms with Crippen molar-refractivity contribution >= 4 is 27.5 Å². The van der Waals surface area contributed by atoms with Crippen LogP contribution < -0.4 is 0 Å². The summed E-state index contributed by atoms with van der Waals surface area (Å²) >= 11 is 1.07. The van der Waals surface area contributed by atoms with E-state index in [1.54, 1.807) is 11.8 Å². The molecule has 0 aromatic carbocycles. The molecule has 1 aromatic rings. The van der Waals surface area contributed by atoms with E-state index in [-0.39, 0.29) is 18.1 Å². The average molecular weight is 346 g/mol. The summed E-state index contributed by atoms with van der Waals surface area (Å²) in [6.07, 6.45) is 1.69. The second-order valence-electron chi connectivity index (χ2n) is 5.58. The molecule has 2 aliphatic rings. The van der Waals surface area contributed by atoms with Crippen LogP contribution >= 0.6 is 11.5 Å². The molecule has 10 heteroatoms. The lowest BCUT2D eigenvalue weighted by Crippen LogP contribution is -2.61. The third kappa shape index (κ3) is 2.87. The first kappa shape index (κ1) is 15.8. The zero-order valence-electron chi connectivity index (χ0n) is 12.4. The van der Waals surface area contributed by atoms with Gasteiger partial charge in [-0.25, -0.2) is 8.42 Å². The lowest BCUT2D eigenvalue weighted by Gasteiger charge is -2.45. The zero-order valence-corrected chi connectivity index (χ0v) is 14.1. The normalized spacial score (nSPS) is 26.7. The second-order valence-corrected chi connectivity index (χ2v) is 8.27. The van der Waals surface area contributed by atoms with Crippen molar-refractivity contribution < 1.29 is 17.9 Å². The Morgan fingerprint density at radius 1 is 1.41 bits per heavy atom. The van der Waals surface area contributed by atoms with Gasteiger partial charge in [-0.05, 0) is 24.9 Å². The van der Waals surface area contributed by atoms with E-state index >= 15 is 0 Å². The van der Waals surface area contributed by atoms with Gasteiger partial charge in [0, 0.05) is 19.6 Å². The van der Waals surface area contributed by atoms with E-state index in [2.05, 4.69) is 9.59 Å². The molecule has 2 saturated heterocycles. The lowest BCUT2D eigenvalue weighted by atomic mass is 10.0. The van der Waals surface area contributed by atoms with E-state index in [0.717, 1.165) is 11.5 Å². The Bertz CT molecular complexity index is 674. The number of carbonyl (C=O) groups excluding carboxylic acids is 1. The molecule has 1 aromatic heterocycles. The van der Waals surface area contributed by atoms with Crippen LogP contribution in [0, 0.1) is 6.92 Å². The van der Waals surface area contributed by atoms with Gasteiger partial charge in [0.25, 0.3) is 5.91 Å². The molecule has 0 bridgehead atoms. The molecule has 3 rings (SSSR count). The number of aryl methyl sites for hydroxylation is 1. The third-order valence-electron chi connectivity index (χ3n) is 4.09. The summed E-state index contributed by atoms with van der Waals surface area (Å²) in [4.78, 5) is 14.8. The van der Waals surface area contributed by atoms with Crippen LogP contribution in [0.15, 0.2) is 0 Å². The van der Waals surface area contributed by atoms with E-state index < -0.39 is 10.0 Å². The highest BCUT2D eigenvalue weighted by Gasteiger charge is 2.42. The van der Waals surface area contributed by atoms with Crippen LogP contribution in [0.5, 0.6) is 0 Å². The van der Waals surface area contributed by atoms with Gasteiger partial charge in [-0.1, -0.05) is 4.49 Å².